The van der Waals surface area contributed by atoms with Crippen molar-refractivity contribution in [2.75, 3.05) is 31.2 Å². The third-order valence-corrected chi connectivity index (χ3v) is 9.03. The molecular weight excluding hydrogens is 520 g/mol. The van der Waals surface area contributed by atoms with Gasteiger partial charge in [0.1, 0.15) is 17.6 Å². The topological polar surface area (TPSA) is 96.4 Å². The maximum absolute atomic E-state index is 14.5. The molecule has 3 aliphatic heterocycles. The van der Waals surface area contributed by atoms with Crippen LogP contribution in [0.4, 0.5) is 5.69 Å². The number of aliphatic hydroxyl groups is 1. The minimum Gasteiger partial charge on any atom is -0.465 e. The predicted octanol–water partition coefficient (Wildman–Crippen LogP) is 4.07. The normalized spacial score (nSPS) is 30.8. The van der Waals surface area contributed by atoms with E-state index in [9.17, 15) is 19.5 Å². The van der Waals surface area contributed by atoms with Gasteiger partial charge in [-0.15, -0.1) is 13.2 Å². The Kier molecular flexibility index (Phi) is 8.59. The molecule has 3 unspecified atom stereocenters. The molecule has 9 heteroatoms. The first kappa shape index (κ1) is 29.3. The number of unbranched alkanes of at least 4 members (excludes halogenated alkanes) is 2. The summed E-state index contributed by atoms with van der Waals surface area (Å²) in [5.41, 5.74) is -0.882. The lowest BCUT2D eigenvalue weighted by Crippen LogP contribution is -2.57. The number of anilines is 1. The van der Waals surface area contributed by atoms with Gasteiger partial charge in [0, 0.05) is 13.1 Å². The molecule has 0 aliphatic carbocycles. The molecule has 1 N–H and O–H groups in total. The zero-order valence-corrected chi connectivity index (χ0v) is 23.8. The number of β-amino-alcohol motifs (C(OH)–C–C–N with tert-alkyl or cyclic N) is 1. The molecule has 0 radical (unpaired) electrons. The first-order chi connectivity index (χ1) is 18.6. The lowest BCUT2D eigenvalue weighted by molar-refractivity contribution is -0.161. The second kappa shape index (κ2) is 11.4. The zero-order valence-electron chi connectivity index (χ0n) is 23.0. The molecule has 2 bridgehead atoms. The summed E-state index contributed by atoms with van der Waals surface area (Å²) in [5.74, 6) is -3.10. The number of carbonyl (C=O) groups excluding carboxylic acids is 3. The molecule has 39 heavy (non-hydrogen) atoms. The summed E-state index contributed by atoms with van der Waals surface area (Å²) in [6.07, 6.45) is 6.21. The van der Waals surface area contributed by atoms with Crippen LogP contribution in [0.3, 0.4) is 0 Å². The van der Waals surface area contributed by atoms with Crippen LogP contribution in [0.25, 0.3) is 0 Å². The van der Waals surface area contributed by atoms with Crippen LogP contribution in [0.2, 0.25) is 5.02 Å². The van der Waals surface area contributed by atoms with Gasteiger partial charge >= 0.3 is 5.97 Å². The van der Waals surface area contributed by atoms with Crippen molar-refractivity contribution in [3.8, 4) is 0 Å². The standard InChI is InChI=1S/C30H39ClN2O6/c1-6-8-9-10-17-38-28(37)23-22-26(35)33(15-16-34)25(30(22)18-20(4)29(23,5)39-30)27(36)32(14-7-2)24-19(3)12-11-13-21(24)31/h6-7,11-13,20,22-23,25,34H,1-2,8-10,14-18H2,3-5H3/t20?,22-,23-,25?,29+,30?/m0/s1. The second-order valence-corrected chi connectivity index (χ2v) is 11.5. The summed E-state index contributed by atoms with van der Waals surface area (Å²) in [7, 11) is 0. The highest BCUT2D eigenvalue weighted by molar-refractivity contribution is 6.34. The summed E-state index contributed by atoms with van der Waals surface area (Å²) >= 11 is 6.57. The molecule has 212 valence electrons. The molecule has 3 aliphatic rings. The number of benzene rings is 1. The highest BCUT2D eigenvalue weighted by Gasteiger charge is 2.80. The van der Waals surface area contributed by atoms with E-state index in [1.807, 2.05) is 32.9 Å². The maximum atomic E-state index is 14.5. The fourth-order valence-corrected chi connectivity index (χ4v) is 7.23. The van der Waals surface area contributed by atoms with E-state index in [-0.39, 0.29) is 44.0 Å². The second-order valence-electron chi connectivity index (χ2n) is 11.1. The molecule has 8 nitrogen and oxygen atoms in total. The number of aliphatic hydroxyl groups excluding tert-OH is 1. The molecule has 1 aromatic rings. The first-order valence-corrected chi connectivity index (χ1v) is 14.0. The molecule has 3 fully saturated rings. The average molecular weight is 559 g/mol. The van der Waals surface area contributed by atoms with Crippen LogP contribution in [-0.2, 0) is 23.9 Å². The van der Waals surface area contributed by atoms with E-state index in [4.69, 9.17) is 21.1 Å². The van der Waals surface area contributed by atoms with Gasteiger partial charge in [-0.2, -0.15) is 0 Å². The van der Waals surface area contributed by atoms with Gasteiger partial charge in [0.05, 0.1) is 35.4 Å². The fraction of sp³-hybridized carbons (Fsp3) is 0.567. The predicted molar refractivity (Wildman–Crippen MR) is 149 cm³/mol. The minimum atomic E-state index is -1.24. The Morgan fingerprint density at radius 1 is 1.31 bits per heavy atom. The number of esters is 1. The Bertz CT molecular complexity index is 1140. The molecule has 2 amide bonds. The van der Waals surface area contributed by atoms with Gasteiger partial charge in [-0.25, -0.2) is 0 Å². The van der Waals surface area contributed by atoms with E-state index in [2.05, 4.69) is 13.2 Å². The van der Waals surface area contributed by atoms with E-state index >= 15 is 0 Å². The van der Waals surface area contributed by atoms with E-state index in [0.29, 0.717) is 23.6 Å². The van der Waals surface area contributed by atoms with Crippen molar-refractivity contribution in [2.24, 2.45) is 17.8 Å². The SMILES string of the molecule is C=CCCCCOC(=O)[C@@H]1[C@H]2C(=O)N(CCO)C(C(=O)N(CC=C)c3c(C)cccc3Cl)C23CC(C)[C@@]1(C)O3. The molecule has 1 spiro atoms. The monoisotopic (exact) mass is 558 g/mol. The number of rotatable bonds is 12. The number of fused-ring (bicyclic) bond motifs is 1. The van der Waals surface area contributed by atoms with E-state index < -0.39 is 35.0 Å². The highest BCUT2D eigenvalue weighted by atomic mass is 35.5. The largest absolute Gasteiger partial charge is 0.465 e. The quantitative estimate of drug-likeness (QED) is 0.236. The maximum Gasteiger partial charge on any atom is 0.312 e. The number of nitrogens with zero attached hydrogens (tertiary/aromatic N) is 2. The van der Waals surface area contributed by atoms with Gasteiger partial charge in [0.2, 0.25) is 5.91 Å². The van der Waals surface area contributed by atoms with E-state index in [1.54, 1.807) is 18.2 Å². The number of para-hydroxylation sites is 1. The number of hydrogen-bond acceptors (Lipinski definition) is 6. The van der Waals surface area contributed by atoms with Crippen molar-refractivity contribution in [1.82, 2.24) is 4.90 Å². The van der Waals surface area contributed by atoms with Gasteiger partial charge in [-0.1, -0.05) is 42.8 Å². The summed E-state index contributed by atoms with van der Waals surface area (Å²) in [6.45, 7) is 13.2. The third kappa shape index (κ3) is 4.70. The van der Waals surface area contributed by atoms with Crippen LogP contribution in [0.15, 0.2) is 43.5 Å². The Labute approximate surface area is 235 Å². The molecule has 1 aromatic carbocycles. The van der Waals surface area contributed by atoms with Crippen molar-refractivity contribution in [3.05, 3.63) is 54.1 Å². The number of ether oxygens (including phenoxy) is 2. The molecule has 3 heterocycles. The molecule has 3 saturated heterocycles. The lowest BCUT2D eigenvalue weighted by atomic mass is 9.62. The lowest BCUT2D eigenvalue weighted by Gasteiger charge is -2.37. The van der Waals surface area contributed by atoms with Crippen LogP contribution in [0, 0.1) is 24.7 Å². The van der Waals surface area contributed by atoms with Gasteiger partial charge in [-0.05, 0) is 57.1 Å². The van der Waals surface area contributed by atoms with Crippen molar-refractivity contribution >= 4 is 35.1 Å². The molecule has 6 atom stereocenters. The third-order valence-electron chi connectivity index (χ3n) is 8.73. The number of aryl methyl sites for hydroxylation is 1. The van der Waals surface area contributed by atoms with Gasteiger partial charge in [-0.3, -0.25) is 14.4 Å². The smallest absolute Gasteiger partial charge is 0.312 e. The fourth-order valence-electron chi connectivity index (χ4n) is 6.91. The van der Waals surface area contributed by atoms with Crippen molar-refractivity contribution in [1.29, 1.82) is 0 Å². The molecule has 0 saturated carbocycles. The number of allylic oxidation sites excluding steroid dienone is 1. The number of likely N-dealkylation sites (tertiary alicyclic amines) is 1. The van der Waals surface area contributed by atoms with Gasteiger partial charge in [0.25, 0.3) is 5.91 Å². The van der Waals surface area contributed by atoms with Crippen LogP contribution in [0.1, 0.15) is 45.1 Å². The molecule has 0 aromatic heterocycles. The van der Waals surface area contributed by atoms with E-state index in [0.717, 1.165) is 18.4 Å². The average Bonchev–Trinajstić information content (AvgIpc) is 3.40. The van der Waals surface area contributed by atoms with Crippen LogP contribution in [-0.4, -0.2) is 71.3 Å². The highest BCUT2D eigenvalue weighted by Crippen LogP contribution is 2.65. The number of halogens is 1. The Hall–Kier alpha value is -2.68. The molecular formula is C30H39ClN2O6. The van der Waals surface area contributed by atoms with Crippen molar-refractivity contribution in [2.45, 2.75) is 63.7 Å². The zero-order chi connectivity index (χ0) is 28.5. The van der Waals surface area contributed by atoms with Crippen LogP contribution in [0.5, 0.6) is 0 Å². The summed E-state index contributed by atoms with van der Waals surface area (Å²) in [4.78, 5) is 44.9. The summed E-state index contributed by atoms with van der Waals surface area (Å²) in [5, 5.41) is 10.3. The number of amides is 2. The van der Waals surface area contributed by atoms with Crippen LogP contribution >= 0.6 is 11.6 Å². The number of carbonyl (C=O) groups is 3. The summed E-state index contributed by atoms with van der Waals surface area (Å²) < 4.78 is 12.4. The number of hydrogen-bond donors (Lipinski definition) is 1. The van der Waals surface area contributed by atoms with Gasteiger partial charge in [0.15, 0.2) is 0 Å². The van der Waals surface area contributed by atoms with Gasteiger partial charge < -0.3 is 24.4 Å². The summed E-state index contributed by atoms with van der Waals surface area (Å²) in [6, 6.07) is 4.33. The first-order valence-electron chi connectivity index (χ1n) is 13.7. The Morgan fingerprint density at radius 3 is 2.69 bits per heavy atom. The van der Waals surface area contributed by atoms with Crippen molar-refractivity contribution < 1.29 is 29.0 Å². The molecule has 4 rings (SSSR count). The Morgan fingerprint density at radius 2 is 2.05 bits per heavy atom. The Balaban J connectivity index is 1.74. The van der Waals surface area contributed by atoms with Crippen LogP contribution < -0.4 is 4.90 Å². The van der Waals surface area contributed by atoms with E-state index in [1.165, 1.54) is 9.80 Å². The minimum absolute atomic E-state index is 0.0608. The van der Waals surface area contributed by atoms with Crippen molar-refractivity contribution in [3.63, 3.8) is 0 Å².